The number of nitrogens with one attached hydrogen (secondary N) is 1. The molecule has 0 aliphatic carbocycles. The summed E-state index contributed by atoms with van der Waals surface area (Å²) < 4.78 is 0. The lowest BCUT2D eigenvalue weighted by Gasteiger charge is -2.05. The standard InChI is InChI=1S/C8H14N2O3/c1-2-5-10-7(11)4-3-6(9)8(12)13/h2,6H,1,3-5,9H2,(H,10,11)(H,12,13). The first-order valence-corrected chi connectivity index (χ1v) is 3.94. The number of aliphatic carboxylic acids is 1. The van der Waals surface area contributed by atoms with Crippen molar-refractivity contribution in [3.05, 3.63) is 12.7 Å². The van der Waals surface area contributed by atoms with Crippen LogP contribution in [0.2, 0.25) is 0 Å². The van der Waals surface area contributed by atoms with Crippen LogP contribution in [0.5, 0.6) is 0 Å². The molecule has 0 aromatic carbocycles. The Balaban J connectivity index is 3.57. The molecule has 4 N–H and O–H groups in total. The summed E-state index contributed by atoms with van der Waals surface area (Å²) in [6.45, 7) is 3.81. The van der Waals surface area contributed by atoms with Gasteiger partial charge in [-0.05, 0) is 6.42 Å². The van der Waals surface area contributed by atoms with Gasteiger partial charge >= 0.3 is 5.97 Å². The van der Waals surface area contributed by atoms with Crippen molar-refractivity contribution < 1.29 is 14.7 Å². The van der Waals surface area contributed by atoms with Gasteiger partial charge in [0.1, 0.15) is 6.04 Å². The molecule has 0 fully saturated rings. The summed E-state index contributed by atoms with van der Waals surface area (Å²) in [5, 5.41) is 10.9. The van der Waals surface area contributed by atoms with Crippen LogP contribution in [0.25, 0.3) is 0 Å². The van der Waals surface area contributed by atoms with E-state index >= 15 is 0 Å². The Hall–Kier alpha value is -1.36. The van der Waals surface area contributed by atoms with Gasteiger partial charge in [0.15, 0.2) is 0 Å². The Kier molecular flexibility index (Phi) is 5.54. The molecule has 74 valence electrons. The van der Waals surface area contributed by atoms with E-state index in [1.165, 1.54) is 0 Å². The average molecular weight is 186 g/mol. The van der Waals surface area contributed by atoms with E-state index in [0.717, 1.165) is 0 Å². The quantitative estimate of drug-likeness (QED) is 0.487. The monoisotopic (exact) mass is 186 g/mol. The molecule has 5 nitrogen and oxygen atoms in total. The Labute approximate surface area is 76.6 Å². The van der Waals surface area contributed by atoms with Gasteiger partial charge in [-0.3, -0.25) is 9.59 Å². The van der Waals surface area contributed by atoms with E-state index in [4.69, 9.17) is 10.8 Å². The van der Waals surface area contributed by atoms with Crippen molar-refractivity contribution in [2.45, 2.75) is 18.9 Å². The number of carboxylic acids is 1. The lowest BCUT2D eigenvalue weighted by atomic mass is 10.1. The zero-order chi connectivity index (χ0) is 10.3. The maximum atomic E-state index is 10.9. The van der Waals surface area contributed by atoms with Gasteiger partial charge in [0.05, 0.1) is 0 Å². The van der Waals surface area contributed by atoms with Gasteiger partial charge in [-0.2, -0.15) is 0 Å². The summed E-state index contributed by atoms with van der Waals surface area (Å²) in [4.78, 5) is 21.2. The second kappa shape index (κ2) is 6.19. The number of hydrogen-bond donors (Lipinski definition) is 3. The van der Waals surface area contributed by atoms with Crippen molar-refractivity contribution in [2.75, 3.05) is 6.54 Å². The Morgan fingerprint density at radius 1 is 1.62 bits per heavy atom. The molecule has 13 heavy (non-hydrogen) atoms. The van der Waals surface area contributed by atoms with Gasteiger partial charge in [-0.1, -0.05) is 6.08 Å². The largest absolute Gasteiger partial charge is 0.480 e. The van der Waals surface area contributed by atoms with E-state index in [9.17, 15) is 9.59 Å². The van der Waals surface area contributed by atoms with Crippen LogP contribution in [-0.4, -0.2) is 29.6 Å². The van der Waals surface area contributed by atoms with Crippen LogP contribution in [0, 0.1) is 0 Å². The molecule has 0 aliphatic heterocycles. The summed E-state index contributed by atoms with van der Waals surface area (Å²) >= 11 is 0. The smallest absolute Gasteiger partial charge is 0.320 e. The molecule has 0 rings (SSSR count). The summed E-state index contributed by atoms with van der Waals surface area (Å²) in [5.41, 5.74) is 5.19. The molecule has 0 aliphatic rings. The van der Waals surface area contributed by atoms with Gasteiger partial charge in [0.2, 0.25) is 5.91 Å². The molecule has 0 saturated heterocycles. The maximum absolute atomic E-state index is 10.9. The summed E-state index contributed by atoms with van der Waals surface area (Å²) in [6.07, 6.45) is 1.83. The predicted molar refractivity (Wildman–Crippen MR) is 48.1 cm³/mol. The van der Waals surface area contributed by atoms with Crippen molar-refractivity contribution >= 4 is 11.9 Å². The highest BCUT2D eigenvalue weighted by atomic mass is 16.4. The molecule has 1 amide bonds. The van der Waals surface area contributed by atoms with E-state index in [2.05, 4.69) is 11.9 Å². The number of hydrogen-bond acceptors (Lipinski definition) is 3. The van der Waals surface area contributed by atoms with E-state index < -0.39 is 12.0 Å². The van der Waals surface area contributed by atoms with Crippen LogP contribution in [0.15, 0.2) is 12.7 Å². The number of nitrogens with two attached hydrogens (primary N) is 1. The molecule has 0 radical (unpaired) electrons. The first-order valence-electron chi connectivity index (χ1n) is 3.94. The fraction of sp³-hybridized carbons (Fsp3) is 0.500. The van der Waals surface area contributed by atoms with Gasteiger partial charge < -0.3 is 16.2 Å². The third-order valence-electron chi connectivity index (χ3n) is 1.44. The molecule has 0 heterocycles. The SMILES string of the molecule is C=CCNC(=O)CCC(N)C(=O)O. The summed E-state index contributed by atoms with van der Waals surface area (Å²) in [7, 11) is 0. The number of rotatable bonds is 6. The molecule has 0 aromatic rings. The van der Waals surface area contributed by atoms with Crippen molar-refractivity contribution in [3.8, 4) is 0 Å². The molecule has 0 saturated carbocycles. The molecule has 0 bridgehead atoms. The van der Waals surface area contributed by atoms with E-state index in [0.29, 0.717) is 6.54 Å². The highest BCUT2D eigenvalue weighted by Crippen LogP contribution is 1.94. The fourth-order valence-corrected chi connectivity index (χ4v) is 0.684. The Morgan fingerprint density at radius 3 is 2.69 bits per heavy atom. The molecule has 0 aromatic heterocycles. The van der Waals surface area contributed by atoms with Crippen molar-refractivity contribution in [1.29, 1.82) is 0 Å². The lowest BCUT2D eigenvalue weighted by Crippen LogP contribution is -2.32. The summed E-state index contributed by atoms with van der Waals surface area (Å²) in [6, 6.07) is -0.963. The molecule has 1 atom stereocenters. The van der Waals surface area contributed by atoms with Gasteiger partial charge in [0, 0.05) is 13.0 Å². The number of carboxylic acid groups (broad SMARTS) is 1. The lowest BCUT2D eigenvalue weighted by molar-refractivity contribution is -0.138. The minimum atomic E-state index is -1.09. The highest BCUT2D eigenvalue weighted by molar-refractivity contribution is 5.78. The number of amides is 1. The Bertz CT molecular complexity index is 204. The average Bonchev–Trinajstić information content (AvgIpc) is 2.10. The third-order valence-corrected chi connectivity index (χ3v) is 1.44. The van der Waals surface area contributed by atoms with Crippen LogP contribution in [0.3, 0.4) is 0 Å². The van der Waals surface area contributed by atoms with Crippen LogP contribution < -0.4 is 11.1 Å². The van der Waals surface area contributed by atoms with E-state index in [1.54, 1.807) is 6.08 Å². The summed E-state index contributed by atoms with van der Waals surface area (Å²) in [5.74, 6) is -1.30. The zero-order valence-electron chi connectivity index (χ0n) is 7.32. The molecule has 1 unspecified atom stereocenters. The van der Waals surface area contributed by atoms with Gasteiger partial charge in [0.25, 0.3) is 0 Å². The second-order valence-electron chi connectivity index (χ2n) is 2.58. The topological polar surface area (TPSA) is 92.4 Å². The first-order chi connectivity index (χ1) is 6.07. The zero-order valence-corrected chi connectivity index (χ0v) is 7.32. The molecule has 0 spiro atoms. The van der Waals surface area contributed by atoms with Crippen LogP contribution in [0.1, 0.15) is 12.8 Å². The highest BCUT2D eigenvalue weighted by Gasteiger charge is 2.12. The van der Waals surface area contributed by atoms with Crippen molar-refractivity contribution in [1.82, 2.24) is 5.32 Å². The van der Waals surface area contributed by atoms with Crippen molar-refractivity contribution in [2.24, 2.45) is 5.73 Å². The van der Waals surface area contributed by atoms with E-state index in [-0.39, 0.29) is 18.7 Å². The third kappa shape index (κ3) is 5.86. The van der Waals surface area contributed by atoms with Gasteiger partial charge in [-0.15, -0.1) is 6.58 Å². The minimum absolute atomic E-state index is 0.126. The first kappa shape index (κ1) is 11.6. The fourth-order valence-electron chi connectivity index (χ4n) is 0.684. The van der Waals surface area contributed by atoms with Crippen LogP contribution in [-0.2, 0) is 9.59 Å². The second-order valence-corrected chi connectivity index (χ2v) is 2.58. The normalized spacial score (nSPS) is 11.8. The van der Waals surface area contributed by atoms with Crippen LogP contribution in [0.4, 0.5) is 0 Å². The maximum Gasteiger partial charge on any atom is 0.320 e. The molecular formula is C8H14N2O3. The van der Waals surface area contributed by atoms with E-state index in [1.807, 2.05) is 0 Å². The van der Waals surface area contributed by atoms with Crippen LogP contribution >= 0.6 is 0 Å². The molecular weight excluding hydrogens is 172 g/mol. The van der Waals surface area contributed by atoms with Gasteiger partial charge in [-0.25, -0.2) is 0 Å². The van der Waals surface area contributed by atoms with Crippen molar-refractivity contribution in [3.63, 3.8) is 0 Å². The Morgan fingerprint density at radius 2 is 2.23 bits per heavy atom. The predicted octanol–water partition coefficient (Wildman–Crippen LogP) is -0.519. The number of carbonyl (C=O) groups excluding carboxylic acids is 1. The molecule has 5 heteroatoms. The minimum Gasteiger partial charge on any atom is -0.480 e. The number of carbonyl (C=O) groups is 2.